The van der Waals surface area contributed by atoms with E-state index in [0.717, 1.165) is 9.94 Å². The van der Waals surface area contributed by atoms with E-state index in [-0.39, 0.29) is 40.7 Å². The Hall–Kier alpha value is -6.28. The van der Waals surface area contributed by atoms with Gasteiger partial charge in [-0.15, -0.1) is 0 Å². The van der Waals surface area contributed by atoms with Crippen LogP contribution < -0.4 is 5.46 Å². The summed E-state index contributed by atoms with van der Waals surface area (Å²) in [5.41, 5.74) is 11.0. The standard InChI is InChI=1S/C30H28BNO2.C24H16BrN.C12H24B2O4.CH3F/c1-29(2)30(3,4)34-31(33-29)23-17-14-21(15-18-23)22-16-19-28-26(20-22)25-12-8-9-13-27(25)32(28)24-10-6-5-7-11-24;25-19-13-10-17(11-14-19)18-12-15-24-22(16-18)21-8-4-5-9-23(21)26(24)20-6-2-1-3-7-20;1-9(2)10(3,4)16-13(15-9)14-17-11(5,6)12(7,8)18-14;1-2/h5-20H,1-4H3;1-16H;1-8H3;1H3/i;;;1D. The normalized spacial score (nSPS) is 18.3. The van der Waals surface area contributed by atoms with Crippen molar-refractivity contribution in [1.82, 2.24) is 9.13 Å². The van der Waals surface area contributed by atoms with E-state index < -0.39 is 21.2 Å². The zero-order valence-electron chi connectivity index (χ0n) is 49.0. The topological polar surface area (TPSA) is 65.2 Å². The molecule has 0 spiro atoms. The van der Waals surface area contributed by atoms with Crippen LogP contribution in [0.3, 0.4) is 0 Å². The number of rotatable bonds is 6. The maximum Gasteiger partial charge on any atom is 0.494 e. The number of hydrogen-bond acceptors (Lipinski definition) is 6. The third-order valence-electron chi connectivity index (χ3n) is 17.1. The average Bonchev–Trinajstić information content (AvgIpc) is 4.38. The fourth-order valence-electron chi connectivity index (χ4n) is 10.5. The Morgan fingerprint density at radius 2 is 0.662 bits per heavy atom. The van der Waals surface area contributed by atoms with E-state index in [2.05, 4.69) is 247 Å². The van der Waals surface area contributed by atoms with Gasteiger partial charge in [0.25, 0.3) is 0 Å². The summed E-state index contributed by atoms with van der Waals surface area (Å²) < 4.78 is 57.6. The summed E-state index contributed by atoms with van der Waals surface area (Å²) in [5.74, 6) is 0. The molecule has 2 aromatic heterocycles. The zero-order valence-corrected chi connectivity index (χ0v) is 49.6. The van der Waals surface area contributed by atoms with Crippen LogP contribution in [0.1, 0.15) is 84.5 Å². The number of aromatic nitrogens is 2. The molecule has 0 radical (unpaired) electrons. The predicted octanol–water partition coefficient (Wildman–Crippen LogP) is 16.8. The van der Waals surface area contributed by atoms with Crippen molar-refractivity contribution in [1.29, 1.82) is 0 Å². The van der Waals surface area contributed by atoms with Gasteiger partial charge in [-0.25, -0.2) is 0 Å². The third-order valence-corrected chi connectivity index (χ3v) is 17.6. The first-order valence-electron chi connectivity index (χ1n) is 28.1. The summed E-state index contributed by atoms with van der Waals surface area (Å²) in [7, 11) is -2.29. The van der Waals surface area contributed by atoms with Gasteiger partial charge in [0, 0.05) is 37.4 Å². The smallest absolute Gasteiger partial charge is 0.405 e. The van der Waals surface area contributed by atoms with Crippen LogP contribution in [0, 0.1) is 0 Å². The lowest BCUT2D eigenvalue weighted by Crippen LogP contribution is -2.41. The van der Waals surface area contributed by atoms with Gasteiger partial charge in [-0.05, 0) is 184 Å². The molecule has 0 aliphatic carbocycles. The van der Waals surface area contributed by atoms with Crippen LogP contribution in [-0.4, -0.2) is 71.0 Å². The van der Waals surface area contributed by atoms with Gasteiger partial charge in [-0.1, -0.05) is 137 Å². The van der Waals surface area contributed by atoms with Crippen molar-refractivity contribution < 1.29 is 33.7 Å². The van der Waals surface area contributed by atoms with Gasteiger partial charge in [-0.2, -0.15) is 0 Å². The van der Waals surface area contributed by atoms with Crippen molar-refractivity contribution in [3.63, 3.8) is 0 Å². The molecule has 3 fully saturated rings. The molecule has 3 aliphatic heterocycles. The van der Waals surface area contributed by atoms with Gasteiger partial charge < -0.3 is 37.1 Å². The van der Waals surface area contributed by atoms with E-state index in [4.69, 9.17) is 29.3 Å². The van der Waals surface area contributed by atoms with E-state index in [1.54, 1.807) is 0 Å². The fraction of sp³-hybridized carbons (Fsp3) is 0.284. The Morgan fingerprint density at radius 1 is 0.362 bits per heavy atom. The zero-order chi connectivity index (χ0) is 57.7. The molecular formula is C67H71B3BrFN2O6. The lowest BCUT2D eigenvalue weighted by Gasteiger charge is -2.32. The molecule has 0 bridgehead atoms. The van der Waals surface area contributed by atoms with Crippen LogP contribution in [0.15, 0.2) is 199 Å². The van der Waals surface area contributed by atoms with Gasteiger partial charge in [0.05, 0.1) is 64.2 Å². The predicted molar refractivity (Wildman–Crippen MR) is 335 cm³/mol. The molecule has 0 atom stereocenters. The van der Waals surface area contributed by atoms with E-state index in [1.807, 2.05) is 55.4 Å². The minimum Gasteiger partial charge on any atom is -0.405 e. The monoisotopic (exact) mass is 1130 g/mol. The number of alkyl halides is 1. The first-order valence-corrected chi connectivity index (χ1v) is 28.2. The molecule has 80 heavy (non-hydrogen) atoms. The quantitative estimate of drug-likeness (QED) is 0.155. The Morgan fingerprint density at radius 3 is 1.04 bits per heavy atom. The number of hydrogen-bond donors (Lipinski definition) is 0. The Balaban J connectivity index is 0.000000139. The van der Waals surface area contributed by atoms with Crippen molar-refractivity contribution in [2.24, 2.45) is 0 Å². The molecular weight excluding hydrogens is 1060 g/mol. The molecule has 0 amide bonds. The second-order valence-corrected chi connectivity index (χ2v) is 24.7. The molecule has 8 nitrogen and oxygen atoms in total. The summed E-state index contributed by atoms with van der Waals surface area (Å²) in [6, 6.07) is 68.9. The van der Waals surface area contributed by atoms with E-state index in [1.165, 1.54) is 77.2 Å². The summed E-state index contributed by atoms with van der Waals surface area (Å²) in [4.78, 5) is 0. The lowest BCUT2D eigenvalue weighted by atomic mass is 9.49. The van der Waals surface area contributed by atoms with Crippen LogP contribution >= 0.6 is 15.9 Å². The van der Waals surface area contributed by atoms with Gasteiger partial charge in [-0.3, -0.25) is 4.39 Å². The third kappa shape index (κ3) is 10.7. The Bertz CT molecular complexity index is 3750. The summed E-state index contributed by atoms with van der Waals surface area (Å²) in [6.45, 7) is 24.6. The van der Waals surface area contributed by atoms with Gasteiger partial charge >= 0.3 is 21.1 Å². The highest BCUT2D eigenvalue weighted by Crippen LogP contribution is 2.44. The van der Waals surface area contributed by atoms with Crippen LogP contribution in [0.4, 0.5) is 4.39 Å². The van der Waals surface area contributed by atoms with E-state index in [9.17, 15) is 4.39 Å². The summed E-state index contributed by atoms with van der Waals surface area (Å²) in [5, 5.41) is 5.08. The molecule has 10 aromatic rings. The van der Waals surface area contributed by atoms with Crippen molar-refractivity contribution >= 4 is 86.1 Å². The Kier molecular flexibility index (Phi) is 15.2. The molecule has 3 aliphatic rings. The largest absolute Gasteiger partial charge is 0.494 e. The molecule has 0 N–H and O–H groups in total. The van der Waals surface area contributed by atoms with Gasteiger partial charge in [0.15, 0.2) is 0 Å². The van der Waals surface area contributed by atoms with Crippen molar-refractivity contribution in [3.8, 4) is 33.6 Å². The minimum absolute atomic E-state index is 0.339. The number of nitrogens with zero attached hydrogens (tertiary/aromatic N) is 2. The maximum absolute atomic E-state index is 9.96. The highest BCUT2D eigenvalue weighted by atomic mass is 79.9. The van der Waals surface area contributed by atoms with Gasteiger partial charge in [0.1, 0.15) is 0 Å². The highest BCUT2D eigenvalue weighted by molar-refractivity contribution is 9.10. The molecule has 408 valence electrons. The average molecular weight is 1130 g/mol. The molecule has 13 heteroatoms. The SMILES string of the molecule is Brc1ccc(-c2ccc3c(c2)c2ccccc2n3-c2ccccc2)cc1.CC1(C)OB(B2OC(C)(C)C(C)(C)O2)OC1(C)C.CC1(C)OB(c2ccc(-c3ccc4c(c3)c3ccccc3n4-c3ccccc3)cc2)OC1(C)C.[2H]CF. The number of halogens is 2. The van der Waals surface area contributed by atoms with Crippen LogP contribution in [-0.2, 0) is 27.9 Å². The molecule has 0 unspecified atom stereocenters. The molecule has 3 saturated heterocycles. The van der Waals surface area contributed by atoms with Crippen LogP contribution in [0.5, 0.6) is 0 Å². The van der Waals surface area contributed by atoms with Crippen molar-refractivity contribution in [3.05, 3.63) is 199 Å². The lowest BCUT2D eigenvalue weighted by molar-refractivity contribution is 0.00578. The van der Waals surface area contributed by atoms with Crippen LogP contribution in [0.2, 0.25) is 0 Å². The number of benzene rings is 8. The summed E-state index contributed by atoms with van der Waals surface area (Å²) in [6.07, 6.45) is 0. The minimum atomic E-state index is -1.00. The molecule has 8 aromatic carbocycles. The first kappa shape index (κ1) is 55.6. The van der Waals surface area contributed by atoms with Crippen molar-refractivity contribution in [2.45, 2.75) is 117 Å². The van der Waals surface area contributed by atoms with E-state index >= 15 is 0 Å². The van der Waals surface area contributed by atoms with E-state index in [0.29, 0.717) is 0 Å². The van der Waals surface area contributed by atoms with Crippen molar-refractivity contribution in [2.75, 3.05) is 7.15 Å². The molecule has 0 saturated carbocycles. The maximum atomic E-state index is 9.96. The van der Waals surface area contributed by atoms with Gasteiger partial charge in [0.2, 0.25) is 0 Å². The number of para-hydroxylation sites is 4. The van der Waals surface area contributed by atoms with Crippen LogP contribution in [0.25, 0.3) is 77.2 Å². The second-order valence-electron chi connectivity index (χ2n) is 23.8. The molecule has 5 heterocycles. The molecule has 13 rings (SSSR count). The first-order chi connectivity index (χ1) is 38.4. The second kappa shape index (κ2) is 21.9. The fourth-order valence-corrected chi connectivity index (χ4v) is 10.7. The Labute approximate surface area is 482 Å². The number of fused-ring (bicyclic) bond motifs is 6. The summed E-state index contributed by atoms with van der Waals surface area (Å²) >= 11 is 3.52. The highest BCUT2D eigenvalue weighted by Gasteiger charge is 2.63.